The molecule has 5 aromatic rings. The Kier molecular flexibility index (Phi) is 5.79. The lowest BCUT2D eigenvalue weighted by Crippen LogP contribution is -2.37. The van der Waals surface area contributed by atoms with E-state index in [9.17, 15) is 4.79 Å². The maximum absolute atomic E-state index is 12.2. The number of fused-ring (bicyclic) bond motifs is 1. The molecule has 0 unspecified atom stereocenters. The van der Waals surface area contributed by atoms with Crippen molar-refractivity contribution in [3.05, 3.63) is 102 Å². The lowest BCUT2D eigenvalue weighted by molar-refractivity contribution is -0.118. The summed E-state index contributed by atoms with van der Waals surface area (Å²) in [7, 11) is 0. The normalized spacial score (nSPS) is 11.9. The molecule has 0 bridgehead atoms. The number of nitrogens with two attached hydrogens (primary N) is 1. The van der Waals surface area contributed by atoms with Gasteiger partial charge < -0.3 is 11.1 Å². The fourth-order valence-corrected chi connectivity index (χ4v) is 4.18. The molecule has 6 nitrogen and oxygen atoms in total. The van der Waals surface area contributed by atoms with E-state index in [1.54, 1.807) is 6.20 Å². The molecule has 168 valence electrons. The number of hydrogen-bond donors (Lipinski definition) is 3. The highest BCUT2D eigenvalue weighted by molar-refractivity contribution is 5.91. The molecule has 0 aliphatic rings. The van der Waals surface area contributed by atoms with E-state index in [2.05, 4.69) is 27.6 Å². The summed E-state index contributed by atoms with van der Waals surface area (Å²) in [4.78, 5) is 17.0. The molecule has 1 amide bonds. The van der Waals surface area contributed by atoms with E-state index in [0.29, 0.717) is 6.42 Å². The quantitative estimate of drug-likeness (QED) is 0.323. The van der Waals surface area contributed by atoms with E-state index >= 15 is 0 Å². The molecule has 0 spiro atoms. The van der Waals surface area contributed by atoms with Crippen molar-refractivity contribution >= 4 is 22.5 Å². The molecule has 3 aromatic carbocycles. The minimum absolute atomic E-state index is 0.409. The van der Waals surface area contributed by atoms with Crippen LogP contribution >= 0.6 is 0 Å². The highest BCUT2D eigenvalue weighted by Gasteiger charge is 2.18. The Labute approximate surface area is 197 Å². The van der Waals surface area contributed by atoms with Crippen molar-refractivity contribution in [2.75, 3.05) is 5.32 Å². The van der Waals surface area contributed by atoms with Gasteiger partial charge in [-0.3, -0.25) is 14.9 Å². The van der Waals surface area contributed by atoms with Gasteiger partial charge in [0.25, 0.3) is 0 Å². The third kappa shape index (κ3) is 4.38. The lowest BCUT2D eigenvalue weighted by Gasteiger charge is -2.18. The number of nitrogens with one attached hydrogen (secondary N) is 2. The first-order valence-electron chi connectivity index (χ1n) is 11.2. The Morgan fingerprint density at radius 3 is 2.44 bits per heavy atom. The minimum Gasteiger partial charge on any atom is -0.372 e. The summed E-state index contributed by atoms with van der Waals surface area (Å²) in [6.45, 7) is 1.98. The van der Waals surface area contributed by atoms with Crippen LogP contribution in [0.3, 0.4) is 0 Å². The second-order valence-electron chi connectivity index (χ2n) is 8.34. The van der Waals surface area contributed by atoms with Gasteiger partial charge in [0.1, 0.15) is 6.04 Å². The fourth-order valence-electron chi connectivity index (χ4n) is 4.18. The molecular weight excluding hydrogens is 422 g/mol. The van der Waals surface area contributed by atoms with Crippen LogP contribution in [0.5, 0.6) is 0 Å². The predicted octanol–water partition coefficient (Wildman–Crippen LogP) is 5.11. The van der Waals surface area contributed by atoms with Crippen LogP contribution < -0.4 is 11.1 Å². The number of amides is 1. The lowest BCUT2D eigenvalue weighted by atomic mass is 9.97. The molecule has 1 atom stereocenters. The van der Waals surface area contributed by atoms with Crippen molar-refractivity contribution in [3.8, 4) is 22.4 Å². The summed E-state index contributed by atoms with van der Waals surface area (Å²) in [6.07, 6.45) is 2.25. The van der Waals surface area contributed by atoms with Crippen molar-refractivity contribution in [2.45, 2.75) is 19.4 Å². The average molecular weight is 448 g/mol. The van der Waals surface area contributed by atoms with Crippen LogP contribution in [-0.4, -0.2) is 27.1 Å². The van der Waals surface area contributed by atoms with Crippen LogP contribution in [-0.2, 0) is 11.2 Å². The van der Waals surface area contributed by atoms with Gasteiger partial charge >= 0.3 is 0 Å². The smallest absolute Gasteiger partial charge is 0.240 e. The molecule has 5 rings (SSSR count). The van der Waals surface area contributed by atoms with Gasteiger partial charge in [0.2, 0.25) is 5.91 Å². The van der Waals surface area contributed by atoms with Crippen LogP contribution in [0, 0.1) is 6.92 Å². The summed E-state index contributed by atoms with van der Waals surface area (Å²) in [5.74, 6) is -0.409. The molecule has 0 aliphatic carbocycles. The molecule has 4 N–H and O–H groups in total. The number of anilines is 1. The predicted molar refractivity (Wildman–Crippen MR) is 136 cm³/mol. The largest absolute Gasteiger partial charge is 0.372 e. The maximum Gasteiger partial charge on any atom is 0.240 e. The summed E-state index contributed by atoms with van der Waals surface area (Å²) in [5, 5.41) is 11.7. The molecule has 0 radical (unpaired) electrons. The molecule has 0 aliphatic heterocycles. The monoisotopic (exact) mass is 447 g/mol. The first kappa shape index (κ1) is 21.4. The number of primary amides is 1. The topological polar surface area (TPSA) is 96.7 Å². The number of aromatic nitrogens is 3. The van der Waals surface area contributed by atoms with Gasteiger partial charge in [-0.1, -0.05) is 66.7 Å². The van der Waals surface area contributed by atoms with Crippen LogP contribution in [0.15, 0.2) is 91.1 Å². The number of carbonyl (C=O) groups excluding carboxylic acids is 1. The number of H-pyrrole nitrogens is 1. The standard InChI is InChI=1S/C28H25N5O/c1-18-23-15-21(12-13-25(23)33-32-18)24-16-22(17-30-27(24)20-10-6-3-7-11-20)31-26(28(29)34)14-19-8-4-2-5-9-19/h2-13,15-17,26,31H,14H2,1H3,(H2,29,34)(H,32,33)/t26-/m0/s1. The molecule has 0 fully saturated rings. The molecule has 34 heavy (non-hydrogen) atoms. The van der Waals surface area contributed by atoms with Crippen LogP contribution in [0.2, 0.25) is 0 Å². The first-order valence-corrected chi connectivity index (χ1v) is 11.2. The van der Waals surface area contributed by atoms with E-state index < -0.39 is 11.9 Å². The van der Waals surface area contributed by atoms with Gasteiger partial charge in [-0.05, 0) is 36.2 Å². The number of benzene rings is 3. The Hall–Kier alpha value is -4.45. The SMILES string of the molecule is Cc1n[nH]c2ccc(-c3cc(N[C@@H](Cc4ccccc4)C(N)=O)cnc3-c3ccccc3)cc12. The summed E-state index contributed by atoms with van der Waals surface area (Å²) < 4.78 is 0. The van der Waals surface area contributed by atoms with Crippen molar-refractivity contribution in [2.24, 2.45) is 5.73 Å². The second kappa shape index (κ2) is 9.19. The third-order valence-electron chi connectivity index (χ3n) is 5.97. The van der Waals surface area contributed by atoms with Crippen molar-refractivity contribution in [1.29, 1.82) is 0 Å². The Bertz CT molecular complexity index is 1440. The van der Waals surface area contributed by atoms with Crippen LogP contribution in [0.25, 0.3) is 33.3 Å². The zero-order valence-corrected chi connectivity index (χ0v) is 18.8. The van der Waals surface area contributed by atoms with Gasteiger partial charge in [-0.25, -0.2) is 0 Å². The van der Waals surface area contributed by atoms with Crippen molar-refractivity contribution in [1.82, 2.24) is 15.2 Å². The van der Waals surface area contributed by atoms with Crippen molar-refractivity contribution in [3.63, 3.8) is 0 Å². The Morgan fingerprint density at radius 2 is 1.71 bits per heavy atom. The number of rotatable bonds is 7. The van der Waals surface area contributed by atoms with Gasteiger partial charge in [-0.2, -0.15) is 5.10 Å². The van der Waals surface area contributed by atoms with Crippen LogP contribution in [0.1, 0.15) is 11.3 Å². The molecule has 0 saturated heterocycles. The summed E-state index contributed by atoms with van der Waals surface area (Å²) >= 11 is 0. The Balaban J connectivity index is 1.56. The zero-order chi connectivity index (χ0) is 23.5. The summed E-state index contributed by atoms with van der Waals surface area (Å²) in [6, 6.07) is 27.6. The molecule has 0 saturated carbocycles. The maximum atomic E-state index is 12.2. The average Bonchev–Trinajstić information content (AvgIpc) is 3.24. The molecule has 2 heterocycles. The second-order valence-corrected chi connectivity index (χ2v) is 8.34. The van der Waals surface area contributed by atoms with Crippen LogP contribution in [0.4, 0.5) is 5.69 Å². The number of hydrogen-bond acceptors (Lipinski definition) is 4. The summed E-state index contributed by atoms with van der Waals surface area (Å²) in [5.41, 5.74) is 13.3. The third-order valence-corrected chi connectivity index (χ3v) is 5.97. The number of pyridine rings is 1. The van der Waals surface area contributed by atoms with Gasteiger partial charge in [0.15, 0.2) is 0 Å². The van der Waals surface area contributed by atoms with Crippen molar-refractivity contribution < 1.29 is 4.79 Å². The fraction of sp³-hybridized carbons (Fsp3) is 0.107. The van der Waals surface area contributed by atoms with E-state index in [1.807, 2.05) is 79.7 Å². The van der Waals surface area contributed by atoms with Gasteiger partial charge in [-0.15, -0.1) is 0 Å². The number of aromatic amines is 1. The molecular formula is C28H25N5O. The molecule has 2 aromatic heterocycles. The zero-order valence-electron chi connectivity index (χ0n) is 18.8. The number of aryl methyl sites for hydroxylation is 1. The first-order chi connectivity index (χ1) is 16.6. The molecule has 6 heteroatoms. The number of nitrogens with zero attached hydrogens (tertiary/aromatic N) is 2. The van der Waals surface area contributed by atoms with E-state index in [4.69, 9.17) is 10.7 Å². The highest BCUT2D eigenvalue weighted by atomic mass is 16.1. The van der Waals surface area contributed by atoms with E-state index in [-0.39, 0.29) is 0 Å². The number of carbonyl (C=O) groups is 1. The van der Waals surface area contributed by atoms with E-state index in [1.165, 1.54) is 0 Å². The van der Waals surface area contributed by atoms with E-state index in [0.717, 1.165) is 50.2 Å². The highest BCUT2D eigenvalue weighted by Crippen LogP contribution is 2.34. The Morgan fingerprint density at radius 1 is 0.971 bits per heavy atom. The van der Waals surface area contributed by atoms with Gasteiger partial charge in [0.05, 0.1) is 28.8 Å². The van der Waals surface area contributed by atoms with Gasteiger partial charge in [0, 0.05) is 22.9 Å². The minimum atomic E-state index is -0.557.